The first-order valence-electron chi connectivity index (χ1n) is 8.00. The van der Waals surface area contributed by atoms with Crippen molar-refractivity contribution in [3.8, 4) is 0 Å². The average molecular weight is 287 g/mol. The van der Waals surface area contributed by atoms with Crippen molar-refractivity contribution in [2.24, 2.45) is 0 Å². The van der Waals surface area contributed by atoms with Crippen LogP contribution in [0, 0.1) is 0 Å². The molecule has 1 saturated heterocycles. The average Bonchev–Trinajstić information content (AvgIpc) is 2.33. The monoisotopic (exact) mass is 287 g/mol. The van der Waals surface area contributed by atoms with Crippen molar-refractivity contribution in [3.63, 3.8) is 0 Å². The zero-order valence-corrected chi connectivity index (χ0v) is 13.8. The molecule has 3 unspecified atom stereocenters. The van der Waals surface area contributed by atoms with Crippen LogP contribution in [0.15, 0.2) is 0 Å². The highest BCUT2D eigenvalue weighted by Crippen LogP contribution is 2.22. The van der Waals surface area contributed by atoms with Crippen molar-refractivity contribution in [1.82, 2.24) is 5.32 Å². The summed E-state index contributed by atoms with van der Waals surface area (Å²) in [5.41, 5.74) is -0.201. The first-order valence-corrected chi connectivity index (χ1v) is 8.00. The van der Waals surface area contributed by atoms with Gasteiger partial charge in [0.25, 0.3) is 0 Å². The maximum absolute atomic E-state index is 9.53. The van der Waals surface area contributed by atoms with Crippen molar-refractivity contribution >= 4 is 0 Å². The van der Waals surface area contributed by atoms with Gasteiger partial charge in [0.05, 0.1) is 24.9 Å². The van der Waals surface area contributed by atoms with E-state index < -0.39 is 0 Å². The molecule has 4 nitrogen and oxygen atoms in total. The molecular formula is C16H33NO3. The number of aliphatic hydroxyl groups is 1. The quantitative estimate of drug-likeness (QED) is 0.673. The topological polar surface area (TPSA) is 50.7 Å². The fourth-order valence-electron chi connectivity index (χ4n) is 3.09. The van der Waals surface area contributed by atoms with E-state index in [1.54, 1.807) is 0 Å². The van der Waals surface area contributed by atoms with Crippen LogP contribution in [0.5, 0.6) is 0 Å². The molecule has 1 rings (SSSR count). The van der Waals surface area contributed by atoms with Gasteiger partial charge in [-0.05, 0) is 46.5 Å². The van der Waals surface area contributed by atoms with E-state index >= 15 is 0 Å². The molecule has 0 aromatic rings. The van der Waals surface area contributed by atoms with Gasteiger partial charge in [-0.2, -0.15) is 0 Å². The Labute approximate surface area is 124 Å². The molecule has 0 aromatic carbocycles. The minimum Gasteiger partial charge on any atom is -0.394 e. The van der Waals surface area contributed by atoms with Gasteiger partial charge in [-0.25, -0.2) is 0 Å². The summed E-state index contributed by atoms with van der Waals surface area (Å²) in [6.07, 6.45) is 4.81. The minimum atomic E-state index is -0.201. The maximum Gasteiger partial charge on any atom is 0.0624 e. The first-order chi connectivity index (χ1) is 9.34. The summed E-state index contributed by atoms with van der Waals surface area (Å²) in [4.78, 5) is 0. The second-order valence-corrected chi connectivity index (χ2v) is 6.84. The number of hydrogen-bond acceptors (Lipinski definition) is 4. The third kappa shape index (κ3) is 6.53. The van der Waals surface area contributed by atoms with E-state index in [2.05, 4.69) is 39.9 Å². The Morgan fingerprint density at radius 1 is 1.30 bits per heavy atom. The third-order valence-corrected chi connectivity index (χ3v) is 3.87. The Hall–Kier alpha value is -0.160. The lowest BCUT2D eigenvalue weighted by Crippen LogP contribution is -2.49. The Morgan fingerprint density at radius 3 is 2.40 bits per heavy atom. The zero-order chi connectivity index (χ0) is 15.2. The highest BCUT2D eigenvalue weighted by atomic mass is 16.5. The van der Waals surface area contributed by atoms with Gasteiger partial charge >= 0.3 is 0 Å². The molecule has 3 atom stereocenters. The van der Waals surface area contributed by atoms with Crippen LogP contribution >= 0.6 is 0 Å². The van der Waals surface area contributed by atoms with Crippen LogP contribution in [-0.2, 0) is 9.47 Å². The predicted octanol–water partition coefficient (Wildman–Crippen LogP) is 2.49. The lowest BCUT2D eigenvalue weighted by Gasteiger charge is -2.33. The standard InChI is InChI=1S/C16H33NO3/c1-12(2)17-16(5,11-18)7-6-8-19-15-9-13(3)20-14(4)10-15/h12-15,17-18H,6-11H2,1-5H3. The van der Waals surface area contributed by atoms with Crippen molar-refractivity contribution in [2.75, 3.05) is 13.2 Å². The Kier molecular flexibility index (Phi) is 7.45. The molecule has 0 aromatic heterocycles. The van der Waals surface area contributed by atoms with Gasteiger partial charge in [-0.15, -0.1) is 0 Å². The summed E-state index contributed by atoms with van der Waals surface area (Å²) in [7, 11) is 0. The Balaban J connectivity index is 2.23. The highest BCUT2D eigenvalue weighted by molar-refractivity contribution is 4.83. The largest absolute Gasteiger partial charge is 0.394 e. The van der Waals surface area contributed by atoms with Gasteiger partial charge < -0.3 is 19.9 Å². The predicted molar refractivity (Wildman–Crippen MR) is 82.0 cm³/mol. The van der Waals surface area contributed by atoms with Gasteiger partial charge in [0.1, 0.15) is 0 Å². The molecule has 0 amide bonds. The number of nitrogens with one attached hydrogen (secondary N) is 1. The number of rotatable bonds is 8. The fraction of sp³-hybridized carbons (Fsp3) is 1.00. The molecule has 1 aliphatic heterocycles. The summed E-state index contributed by atoms with van der Waals surface area (Å²) in [5, 5.41) is 13.0. The lowest BCUT2D eigenvalue weighted by molar-refractivity contribution is -0.102. The Bertz CT molecular complexity index is 262. The van der Waals surface area contributed by atoms with Crippen molar-refractivity contribution < 1.29 is 14.6 Å². The summed E-state index contributed by atoms with van der Waals surface area (Å²) < 4.78 is 11.7. The molecule has 0 bridgehead atoms. The summed E-state index contributed by atoms with van der Waals surface area (Å²) in [5.74, 6) is 0. The molecular weight excluding hydrogens is 254 g/mol. The van der Waals surface area contributed by atoms with E-state index in [1.165, 1.54) is 0 Å². The zero-order valence-electron chi connectivity index (χ0n) is 13.8. The second-order valence-electron chi connectivity index (χ2n) is 6.84. The molecule has 0 radical (unpaired) electrons. The third-order valence-electron chi connectivity index (χ3n) is 3.87. The van der Waals surface area contributed by atoms with E-state index in [-0.39, 0.29) is 12.1 Å². The van der Waals surface area contributed by atoms with Gasteiger partial charge in [-0.1, -0.05) is 13.8 Å². The van der Waals surface area contributed by atoms with Crippen LogP contribution in [0.3, 0.4) is 0 Å². The highest BCUT2D eigenvalue weighted by Gasteiger charge is 2.26. The smallest absolute Gasteiger partial charge is 0.0624 e. The van der Waals surface area contributed by atoms with Gasteiger partial charge in [0.15, 0.2) is 0 Å². The normalized spacial score (nSPS) is 30.4. The van der Waals surface area contributed by atoms with E-state index in [0.29, 0.717) is 24.4 Å². The molecule has 1 heterocycles. The number of aliphatic hydroxyl groups excluding tert-OH is 1. The fourth-order valence-corrected chi connectivity index (χ4v) is 3.09. The van der Waals surface area contributed by atoms with E-state index in [9.17, 15) is 5.11 Å². The van der Waals surface area contributed by atoms with Crippen LogP contribution in [-0.4, -0.2) is 48.2 Å². The van der Waals surface area contributed by atoms with Crippen LogP contribution in [0.1, 0.15) is 60.3 Å². The molecule has 1 aliphatic rings. The summed E-state index contributed by atoms with van der Waals surface area (Å²) in [6.45, 7) is 11.4. The van der Waals surface area contributed by atoms with Crippen molar-refractivity contribution in [1.29, 1.82) is 0 Å². The molecule has 2 N–H and O–H groups in total. The number of ether oxygens (including phenoxy) is 2. The number of hydrogen-bond donors (Lipinski definition) is 2. The van der Waals surface area contributed by atoms with Gasteiger partial charge in [-0.3, -0.25) is 0 Å². The molecule has 120 valence electrons. The first kappa shape index (κ1) is 17.9. The van der Waals surface area contributed by atoms with Crippen LogP contribution < -0.4 is 5.32 Å². The maximum atomic E-state index is 9.53. The van der Waals surface area contributed by atoms with Gasteiger partial charge in [0, 0.05) is 18.2 Å². The Morgan fingerprint density at radius 2 is 1.90 bits per heavy atom. The van der Waals surface area contributed by atoms with Crippen LogP contribution in [0.4, 0.5) is 0 Å². The summed E-state index contributed by atoms with van der Waals surface area (Å²) in [6, 6.07) is 0.380. The molecule has 0 aliphatic carbocycles. The summed E-state index contributed by atoms with van der Waals surface area (Å²) >= 11 is 0. The van der Waals surface area contributed by atoms with E-state index in [4.69, 9.17) is 9.47 Å². The van der Waals surface area contributed by atoms with Crippen molar-refractivity contribution in [2.45, 2.75) is 90.2 Å². The molecule has 1 fully saturated rings. The molecule has 0 spiro atoms. The second kappa shape index (κ2) is 8.32. The van der Waals surface area contributed by atoms with E-state index in [0.717, 1.165) is 32.3 Å². The van der Waals surface area contributed by atoms with Crippen LogP contribution in [0.2, 0.25) is 0 Å². The molecule has 20 heavy (non-hydrogen) atoms. The SMILES string of the molecule is CC(C)NC(C)(CO)CCCOC1CC(C)OC(C)C1. The molecule has 4 heteroatoms. The van der Waals surface area contributed by atoms with Crippen molar-refractivity contribution in [3.05, 3.63) is 0 Å². The molecule has 0 saturated carbocycles. The minimum absolute atomic E-state index is 0.163. The van der Waals surface area contributed by atoms with E-state index in [1.807, 2.05) is 0 Å². The van der Waals surface area contributed by atoms with Crippen LogP contribution in [0.25, 0.3) is 0 Å². The van der Waals surface area contributed by atoms with Gasteiger partial charge in [0.2, 0.25) is 0 Å². The lowest BCUT2D eigenvalue weighted by atomic mass is 9.96.